The highest BCUT2D eigenvalue weighted by Crippen LogP contribution is 2.43. The lowest BCUT2D eigenvalue weighted by Crippen LogP contribution is -2.59. The first-order valence-electron chi connectivity index (χ1n) is 9.48. The first-order chi connectivity index (χ1) is 13.9. The van der Waals surface area contributed by atoms with E-state index in [1.54, 1.807) is 0 Å². The molecule has 3 atom stereocenters. The number of alkyl halides is 3. The Morgan fingerprint density at radius 3 is 2.63 bits per heavy atom. The SMILES string of the molecule is CC(=O)NCC1CN(c2ccc(N3CC[C@@](O)(C(F)(F)F)C(C)C3)c(F)c2)C(=O)O1. The molecule has 0 saturated carbocycles. The van der Waals surface area contributed by atoms with Gasteiger partial charge in [-0.3, -0.25) is 9.69 Å². The molecule has 30 heavy (non-hydrogen) atoms. The van der Waals surface area contributed by atoms with Crippen molar-refractivity contribution in [3.05, 3.63) is 24.0 Å². The molecule has 0 aromatic heterocycles. The van der Waals surface area contributed by atoms with Gasteiger partial charge in [-0.1, -0.05) is 6.92 Å². The molecule has 2 N–H and O–H groups in total. The Labute approximate surface area is 170 Å². The highest BCUT2D eigenvalue weighted by molar-refractivity contribution is 5.90. The summed E-state index contributed by atoms with van der Waals surface area (Å²) in [5, 5.41) is 12.5. The standard InChI is InChI=1S/C19H23F4N3O4/c1-11-9-25(6-5-18(11,29)19(21,22)23)16-4-3-13(7-15(16)20)26-10-14(30-17(26)28)8-24-12(2)27/h3-4,7,11,14,29H,5-6,8-10H2,1-2H3,(H,24,27)/t11?,14?,18-/m0/s1. The van der Waals surface area contributed by atoms with Crippen LogP contribution in [0.2, 0.25) is 0 Å². The zero-order valence-corrected chi connectivity index (χ0v) is 16.5. The Kier molecular flexibility index (Phi) is 5.85. The topological polar surface area (TPSA) is 82.1 Å². The molecule has 2 unspecified atom stereocenters. The van der Waals surface area contributed by atoms with Crippen LogP contribution >= 0.6 is 0 Å². The Balaban J connectivity index is 1.71. The summed E-state index contributed by atoms with van der Waals surface area (Å²) in [6, 6.07) is 3.99. The second-order valence-corrected chi connectivity index (χ2v) is 7.71. The smallest absolute Gasteiger partial charge is 0.417 e. The fourth-order valence-corrected chi connectivity index (χ4v) is 3.78. The predicted octanol–water partition coefficient (Wildman–Crippen LogP) is 2.43. The number of hydrogen-bond acceptors (Lipinski definition) is 5. The number of benzene rings is 1. The van der Waals surface area contributed by atoms with E-state index in [0.29, 0.717) is 0 Å². The summed E-state index contributed by atoms with van der Waals surface area (Å²) in [4.78, 5) is 25.7. The summed E-state index contributed by atoms with van der Waals surface area (Å²) in [7, 11) is 0. The van der Waals surface area contributed by atoms with Crippen molar-refractivity contribution in [2.75, 3.05) is 36.0 Å². The maximum Gasteiger partial charge on any atom is 0.417 e. The molecule has 2 heterocycles. The van der Waals surface area contributed by atoms with E-state index < -0.39 is 42.1 Å². The van der Waals surface area contributed by atoms with Crippen LogP contribution in [0.4, 0.5) is 33.7 Å². The summed E-state index contributed by atoms with van der Waals surface area (Å²) in [5.74, 6) is -2.11. The van der Waals surface area contributed by atoms with Gasteiger partial charge in [-0.15, -0.1) is 0 Å². The third kappa shape index (κ3) is 4.16. The van der Waals surface area contributed by atoms with Crippen molar-refractivity contribution < 1.29 is 37.0 Å². The third-order valence-electron chi connectivity index (χ3n) is 5.60. The van der Waals surface area contributed by atoms with Crippen LogP contribution in [0.1, 0.15) is 20.3 Å². The van der Waals surface area contributed by atoms with Crippen molar-refractivity contribution in [1.29, 1.82) is 0 Å². The number of anilines is 2. The number of carbonyl (C=O) groups is 2. The summed E-state index contributed by atoms with van der Waals surface area (Å²) in [6.45, 7) is 2.53. The van der Waals surface area contributed by atoms with Gasteiger partial charge in [-0.05, 0) is 18.2 Å². The predicted molar refractivity (Wildman–Crippen MR) is 99.7 cm³/mol. The summed E-state index contributed by atoms with van der Waals surface area (Å²) in [6.07, 6.45) is -6.58. The molecule has 1 aromatic rings. The Morgan fingerprint density at radius 2 is 2.07 bits per heavy atom. The van der Waals surface area contributed by atoms with Crippen LogP contribution in [0, 0.1) is 11.7 Å². The number of aliphatic hydroxyl groups is 1. The number of nitrogens with zero attached hydrogens (tertiary/aromatic N) is 2. The van der Waals surface area contributed by atoms with E-state index in [1.165, 1.54) is 35.8 Å². The van der Waals surface area contributed by atoms with Gasteiger partial charge in [0, 0.05) is 32.4 Å². The van der Waals surface area contributed by atoms with Gasteiger partial charge in [-0.2, -0.15) is 13.2 Å². The minimum atomic E-state index is -4.76. The van der Waals surface area contributed by atoms with Crippen LogP contribution in [0.15, 0.2) is 18.2 Å². The van der Waals surface area contributed by atoms with E-state index >= 15 is 0 Å². The highest BCUT2D eigenvalue weighted by atomic mass is 19.4. The van der Waals surface area contributed by atoms with Gasteiger partial charge in [0.15, 0.2) is 5.60 Å². The van der Waals surface area contributed by atoms with E-state index in [1.807, 2.05) is 0 Å². The van der Waals surface area contributed by atoms with Crippen LogP contribution in [-0.2, 0) is 9.53 Å². The zero-order valence-electron chi connectivity index (χ0n) is 16.5. The molecule has 7 nitrogen and oxygen atoms in total. The van der Waals surface area contributed by atoms with E-state index in [2.05, 4.69) is 5.32 Å². The average Bonchev–Trinajstić information content (AvgIpc) is 3.02. The van der Waals surface area contributed by atoms with Gasteiger partial charge in [-0.25, -0.2) is 9.18 Å². The molecule has 1 aromatic carbocycles. The molecule has 0 bridgehead atoms. The largest absolute Gasteiger partial charge is 0.442 e. The summed E-state index contributed by atoms with van der Waals surface area (Å²) in [5.41, 5.74) is -2.47. The van der Waals surface area contributed by atoms with Crippen LogP contribution in [-0.4, -0.2) is 61.2 Å². The number of cyclic esters (lactones) is 1. The minimum absolute atomic E-state index is 0.0946. The van der Waals surface area contributed by atoms with Gasteiger partial charge in [0.2, 0.25) is 5.91 Å². The normalized spacial score (nSPS) is 27.2. The van der Waals surface area contributed by atoms with Gasteiger partial charge >= 0.3 is 12.3 Å². The Morgan fingerprint density at radius 1 is 1.37 bits per heavy atom. The highest BCUT2D eigenvalue weighted by Gasteiger charge is 2.58. The van der Waals surface area contributed by atoms with Crippen molar-refractivity contribution in [3.63, 3.8) is 0 Å². The molecule has 166 valence electrons. The third-order valence-corrected chi connectivity index (χ3v) is 5.60. The summed E-state index contributed by atoms with van der Waals surface area (Å²) >= 11 is 0. The Bertz CT molecular complexity index is 834. The molecule has 2 amide bonds. The van der Waals surface area contributed by atoms with Crippen molar-refractivity contribution in [1.82, 2.24) is 5.32 Å². The molecule has 11 heteroatoms. The molecule has 0 aliphatic carbocycles. The summed E-state index contributed by atoms with van der Waals surface area (Å²) < 4.78 is 59.4. The second-order valence-electron chi connectivity index (χ2n) is 7.71. The molecule has 2 aliphatic heterocycles. The fraction of sp³-hybridized carbons (Fsp3) is 0.579. The molecule has 2 saturated heterocycles. The maximum absolute atomic E-state index is 14.8. The number of amides is 2. The second kappa shape index (κ2) is 7.93. The molecular weight excluding hydrogens is 410 g/mol. The lowest BCUT2D eigenvalue weighted by molar-refractivity contribution is -0.281. The van der Waals surface area contributed by atoms with Crippen LogP contribution in [0.5, 0.6) is 0 Å². The quantitative estimate of drug-likeness (QED) is 0.713. The molecule has 0 radical (unpaired) electrons. The first kappa shape index (κ1) is 22.1. The number of rotatable bonds is 4. The average molecular weight is 433 g/mol. The lowest BCUT2D eigenvalue weighted by atomic mass is 9.81. The maximum atomic E-state index is 14.8. The number of hydrogen-bond donors (Lipinski definition) is 2. The van der Waals surface area contributed by atoms with Crippen LogP contribution in [0.25, 0.3) is 0 Å². The van der Waals surface area contributed by atoms with E-state index in [4.69, 9.17) is 4.74 Å². The molecule has 2 fully saturated rings. The van der Waals surface area contributed by atoms with Gasteiger partial charge < -0.3 is 20.1 Å². The number of nitrogens with one attached hydrogen (secondary N) is 1. The zero-order chi connectivity index (χ0) is 22.3. The number of piperidine rings is 1. The van der Waals surface area contributed by atoms with Crippen LogP contribution < -0.4 is 15.1 Å². The van der Waals surface area contributed by atoms with Gasteiger partial charge in [0.25, 0.3) is 0 Å². The number of halogens is 4. The van der Waals surface area contributed by atoms with Crippen molar-refractivity contribution in [2.24, 2.45) is 5.92 Å². The molecule has 2 aliphatic rings. The minimum Gasteiger partial charge on any atom is -0.442 e. The number of ether oxygens (including phenoxy) is 1. The Hall–Kier alpha value is -2.56. The number of carbonyl (C=O) groups excluding carboxylic acids is 2. The van der Waals surface area contributed by atoms with Crippen molar-refractivity contribution >= 4 is 23.4 Å². The molecule has 3 rings (SSSR count). The van der Waals surface area contributed by atoms with Gasteiger partial charge in [0.1, 0.15) is 11.9 Å². The van der Waals surface area contributed by atoms with Crippen molar-refractivity contribution in [3.8, 4) is 0 Å². The van der Waals surface area contributed by atoms with Crippen molar-refractivity contribution in [2.45, 2.75) is 38.1 Å². The van der Waals surface area contributed by atoms with E-state index in [0.717, 1.165) is 6.07 Å². The van der Waals surface area contributed by atoms with Crippen LogP contribution in [0.3, 0.4) is 0 Å². The lowest BCUT2D eigenvalue weighted by Gasteiger charge is -2.44. The fourth-order valence-electron chi connectivity index (χ4n) is 3.78. The van der Waals surface area contributed by atoms with E-state index in [9.17, 15) is 32.3 Å². The first-order valence-corrected chi connectivity index (χ1v) is 9.48. The molecule has 0 spiro atoms. The van der Waals surface area contributed by atoms with E-state index in [-0.39, 0.29) is 43.5 Å². The molecular formula is C19H23F4N3O4. The monoisotopic (exact) mass is 433 g/mol. The van der Waals surface area contributed by atoms with Gasteiger partial charge in [0.05, 0.1) is 24.5 Å².